The van der Waals surface area contributed by atoms with Crippen LogP contribution >= 0.6 is 0 Å². The predicted molar refractivity (Wildman–Crippen MR) is 90.0 cm³/mol. The largest absolute Gasteiger partial charge is 0.452 e. The van der Waals surface area contributed by atoms with Crippen molar-refractivity contribution in [2.24, 2.45) is 0 Å². The summed E-state index contributed by atoms with van der Waals surface area (Å²) in [6, 6.07) is 11.4. The molecule has 0 radical (unpaired) electrons. The number of aryl methyl sites for hydroxylation is 1. The Balaban J connectivity index is 2.09. The second kappa shape index (κ2) is 6.08. The zero-order chi connectivity index (χ0) is 16.6. The van der Waals surface area contributed by atoms with E-state index in [1.165, 1.54) is 12.1 Å². The van der Waals surface area contributed by atoms with Gasteiger partial charge in [0.15, 0.2) is 16.8 Å². The van der Waals surface area contributed by atoms with Gasteiger partial charge < -0.3 is 4.74 Å². The summed E-state index contributed by atoms with van der Waals surface area (Å²) in [6.45, 7) is 5.78. The molecule has 0 bridgehead atoms. The van der Waals surface area contributed by atoms with Crippen LogP contribution in [-0.2, 0) is 0 Å². The number of ether oxygens (including phenoxy) is 1. The van der Waals surface area contributed by atoms with Gasteiger partial charge in [0.2, 0.25) is 0 Å². The molecule has 0 unspecified atom stereocenters. The highest BCUT2D eigenvalue weighted by Gasteiger charge is 2.27. The van der Waals surface area contributed by atoms with E-state index in [9.17, 15) is 8.78 Å². The number of rotatable bonds is 3. The maximum atomic E-state index is 14.1. The van der Waals surface area contributed by atoms with Crippen LogP contribution in [0.3, 0.4) is 0 Å². The van der Waals surface area contributed by atoms with E-state index in [2.05, 4.69) is 4.98 Å². The Morgan fingerprint density at radius 1 is 0.957 bits per heavy atom. The minimum atomic E-state index is -1.03. The number of hydrogen-bond acceptors (Lipinski definition) is 2. The molecule has 0 saturated carbocycles. The van der Waals surface area contributed by atoms with E-state index >= 15 is 0 Å². The van der Waals surface area contributed by atoms with Crippen LogP contribution in [0.5, 0.6) is 11.5 Å². The molecule has 3 aromatic rings. The Bertz CT molecular complexity index is 880. The molecule has 0 aliphatic rings. The summed E-state index contributed by atoms with van der Waals surface area (Å²) in [4.78, 5) is 4.28. The first-order valence-electron chi connectivity index (χ1n) is 7.30. The van der Waals surface area contributed by atoms with Gasteiger partial charge in [-0.15, -0.1) is 0 Å². The Kier molecular flexibility index (Phi) is 4.13. The molecule has 1 heterocycles. The molecule has 116 valence electrons. The summed E-state index contributed by atoms with van der Waals surface area (Å²) < 4.78 is 33.8. The van der Waals surface area contributed by atoms with Crippen LogP contribution < -0.4 is 9.92 Å². The van der Waals surface area contributed by atoms with E-state index in [1.54, 1.807) is 37.3 Å². The first kappa shape index (κ1) is 15.6. The van der Waals surface area contributed by atoms with Gasteiger partial charge in [-0.3, -0.25) is 0 Å². The fraction of sp³-hybridized carbons (Fsp3) is 0.167. The number of nitrogens with zero attached hydrogens (tertiary/aromatic N) is 1. The van der Waals surface area contributed by atoms with Crippen molar-refractivity contribution in [2.45, 2.75) is 20.0 Å². The van der Waals surface area contributed by atoms with Gasteiger partial charge in [0.25, 0.3) is 0 Å². The van der Waals surface area contributed by atoms with Crippen LogP contribution in [0.1, 0.15) is 5.69 Å². The number of aromatic nitrogens is 1. The normalized spacial score (nSPS) is 10.8. The highest BCUT2D eigenvalue weighted by atomic mass is 28.3. The molecule has 0 spiro atoms. The van der Waals surface area contributed by atoms with Crippen molar-refractivity contribution >= 4 is 24.9 Å². The van der Waals surface area contributed by atoms with E-state index in [0.29, 0.717) is 33.3 Å². The Morgan fingerprint density at radius 2 is 1.65 bits per heavy atom. The number of benzene rings is 2. The Morgan fingerprint density at radius 3 is 2.39 bits per heavy atom. The van der Waals surface area contributed by atoms with Crippen LogP contribution in [0.2, 0.25) is 13.1 Å². The second-order valence-corrected chi connectivity index (χ2v) is 8.10. The molecule has 0 saturated heterocycles. The van der Waals surface area contributed by atoms with Crippen LogP contribution in [0.4, 0.5) is 8.78 Å². The molecule has 3 rings (SSSR count). The van der Waals surface area contributed by atoms with E-state index < -0.39 is 8.80 Å². The molecule has 0 N–H and O–H groups in total. The maximum absolute atomic E-state index is 14.1. The molecule has 5 heteroatoms. The predicted octanol–water partition coefficient (Wildman–Crippen LogP) is 4.58. The smallest absolute Gasteiger partial charge is 0.352 e. The highest BCUT2D eigenvalue weighted by Crippen LogP contribution is 2.28. The van der Waals surface area contributed by atoms with Crippen molar-refractivity contribution in [3.8, 4) is 11.5 Å². The highest BCUT2D eigenvalue weighted by molar-refractivity contribution is 6.71. The van der Waals surface area contributed by atoms with Crippen molar-refractivity contribution in [3.05, 3.63) is 59.8 Å². The number of fused-ring (bicyclic) bond motifs is 1. The van der Waals surface area contributed by atoms with Gasteiger partial charge in [0, 0.05) is 5.39 Å². The fourth-order valence-corrected chi connectivity index (χ4v) is 3.72. The number of halogens is 2. The summed E-state index contributed by atoms with van der Waals surface area (Å²) in [7, 11) is -1.03. The first-order chi connectivity index (χ1) is 11.0. The minimum Gasteiger partial charge on any atom is -0.452 e. The van der Waals surface area contributed by atoms with E-state index in [-0.39, 0.29) is 11.6 Å². The van der Waals surface area contributed by atoms with E-state index in [4.69, 9.17) is 4.74 Å². The first-order valence-corrected chi connectivity index (χ1v) is 9.80. The number of para-hydroxylation sites is 1. The third-order valence-corrected chi connectivity index (χ3v) is 5.12. The third kappa shape index (κ3) is 2.96. The fourth-order valence-electron chi connectivity index (χ4n) is 2.53. The summed E-state index contributed by atoms with van der Waals surface area (Å²) in [5.74, 6) is 0.401. The van der Waals surface area contributed by atoms with Crippen molar-refractivity contribution < 1.29 is 13.5 Å². The topological polar surface area (TPSA) is 22.1 Å². The summed E-state index contributed by atoms with van der Waals surface area (Å²) in [6.07, 6.45) is 0. The van der Waals surface area contributed by atoms with Gasteiger partial charge in [-0.2, -0.15) is 0 Å². The maximum Gasteiger partial charge on any atom is 0.352 e. The SMILES string of the molecule is Cc1nc2c(F)cccc2cc1Oc1cccc(F)c1[Si+](C)C. The molecule has 2 nitrogen and oxygen atoms in total. The van der Waals surface area contributed by atoms with Crippen LogP contribution in [0.15, 0.2) is 42.5 Å². The lowest BCUT2D eigenvalue weighted by molar-refractivity contribution is 0.476. The molecule has 0 fully saturated rings. The monoisotopic (exact) mass is 328 g/mol. The molecule has 0 amide bonds. The van der Waals surface area contributed by atoms with Gasteiger partial charge in [0.05, 0.1) is 18.8 Å². The van der Waals surface area contributed by atoms with Crippen molar-refractivity contribution in [1.82, 2.24) is 4.98 Å². The Labute approximate surface area is 135 Å². The lowest BCUT2D eigenvalue weighted by Crippen LogP contribution is -2.27. The number of hydrogen-bond donors (Lipinski definition) is 0. The molecule has 2 aromatic carbocycles. The van der Waals surface area contributed by atoms with Gasteiger partial charge >= 0.3 is 8.80 Å². The molecular formula is C18H16F2NOSi+. The zero-order valence-corrected chi connectivity index (χ0v) is 14.2. The average molecular weight is 328 g/mol. The molecule has 0 aliphatic heterocycles. The second-order valence-electron chi connectivity index (χ2n) is 5.60. The van der Waals surface area contributed by atoms with Crippen molar-refractivity contribution in [2.75, 3.05) is 0 Å². The molecule has 0 aliphatic carbocycles. The van der Waals surface area contributed by atoms with Gasteiger partial charge in [-0.25, -0.2) is 13.8 Å². The number of pyridine rings is 1. The lowest BCUT2D eigenvalue weighted by atomic mass is 10.2. The average Bonchev–Trinajstić information content (AvgIpc) is 2.49. The van der Waals surface area contributed by atoms with E-state index in [0.717, 1.165) is 0 Å². The quantitative estimate of drug-likeness (QED) is 0.657. The summed E-state index contributed by atoms with van der Waals surface area (Å²) in [5.41, 5.74) is 0.881. The van der Waals surface area contributed by atoms with Gasteiger partial charge in [0.1, 0.15) is 17.1 Å². The van der Waals surface area contributed by atoms with Gasteiger partial charge in [-0.1, -0.05) is 18.2 Å². The van der Waals surface area contributed by atoms with Crippen molar-refractivity contribution in [3.63, 3.8) is 0 Å². The zero-order valence-electron chi connectivity index (χ0n) is 13.2. The molecule has 1 aromatic heterocycles. The van der Waals surface area contributed by atoms with Crippen molar-refractivity contribution in [1.29, 1.82) is 0 Å². The molecule has 0 atom stereocenters. The summed E-state index contributed by atoms with van der Waals surface area (Å²) in [5, 5.41) is 1.28. The molecule has 23 heavy (non-hydrogen) atoms. The standard InChI is InChI=1S/C18H16F2NOSi/c1-11-16(10-12-6-4-7-13(19)17(12)21-11)22-15-9-5-8-14(20)18(15)23(2)3/h4-10H,1-3H3/q+1. The lowest BCUT2D eigenvalue weighted by Gasteiger charge is -2.11. The van der Waals surface area contributed by atoms with E-state index in [1.807, 2.05) is 13.1 Å². The molecular weight excluding hydrogens is 312 g/mol. The van der Waals surface area contributed by atoms with Gasteiger partial charge in [-0.05, 0) is 31.2 Å². The minimum absolute atomic E-state index is 0.251. The van der Waals surface area contributed by atoms with Crippen LogP contribution in [0.25, 0.3) is 10.9 Å². The van der Waals surface area contributed by atoms with Crippen LogP contribution in [-0.4, -0.2) is 13.8 Å². The summed E-state index contributed by atoms with van der Waals surface area (Å²) >= 11 is 0. The van der Waals surface area contributed by atoms with Crippen LogP contribution in [0, 0.1) is 18.6 Å². The Hall–Kier alpha value is -2.27. The third-order valence-electron chi connectivity index (χ3n) is 3.64.